The molecule has 6 heterocycles. The number of benzene rings is 1. The number of phenolic OH excluding ortho intramolecular Hbond substituents is 1. The average molecular weight is 805 g/mol. The summed E-state index contributed by atoms with van der Waals surface area (Å²) in [7, 11) is 0. The van der Waals surface area contributed by atoms with E-state index in [1.165, 1.54) is 25.7 Å². The molecule has 8 rings (SSSR count). The molecule has 58 heavy (non-hydrogen) atoms. The Morgan fingerprint density at radius 2 is 1.76 bits per heavy atom. The van der Waals surface area contributed by atoms with Crippen molar-refractivity contribution in [2.45, 2.75) is 146 Å². The predicted octanol–water partition coefficient (Wildman–Crippen LogP) is 8.36. The Bertz CT molecular complexity index is 1970. The molecule has 1 amide bonds. The van der Waals surface area contributed by atoms with Gasteiger partial charge in [0.1, 0.15) is 35.6 Å². The van der Waals surface area contributed by atoms with Gasteiger partial charge in [0.2, 0.25) is 6.79 Å². The number of amides is 1. The first-order valence-electron chi connectivity index (χ1n) is 21.8. The molecular formula is C44H58F2N6O6. The quantitative estimate of drug-likeness (QED) is 0.0852. The molecule has 1 N–H and O–H groups in total. The van der Waals surface area contributed by atoms with Crippen molar-refractivity contribution in [3.8, 4) is 23.0 Å². The van der Waals surface area contributed by atoms with Gasteiger partial charge in [-0.2, -0.15) is 9.97 Å². The fourth-order valence-corrected chi connectivity index (χ4v) is 10.5. The molecule has 12 nitrogen and oxygen atoms in total. The largest absolute Gasteiger partial charge is 0.508 e. The number of carbonyl (C=O) groups is 2. The fraction of sp³-hybridized carbons (Fsp3) is 0.659. The van der Waals surface area contributed by atoms with E-state index in [1.807, 2.05) is 4.90 Å². The number of unbranched alkanes of at least 4 members (excludes halogenated alkanes) is 6. The first-order chi connectivity index (χ1) is 28.2. The molecule has 314 valence electrons. The van der Waals surface area contributed by atoms with Gasteiger partial charge in [0.25, 0.3) is 0 Å². The van der Waals surface area contributed by atoms with Gasteiger partial charge >= 0.3 is 18.1 Å². The van der Waals surface area contributed by atoms with Gasteiger partial charge in [-0.05, 0) is 87.1 Å². The van der Waals surface area contributed by atoms with Gasteiger partial charge in [0, 0.05) is 44.2 Å². The normalized spacial score (nSPS) is 25.0. The van der Waals surface area contributed by atoms with E-state index in [0.717, 1.165) is 81.9 Å². The van der Waals surface area contributed by atoms with Gasteiger partial charge < -0.3 is 24.2 Å². The highest BCUT2D eigenvalue weighted by Crippen LogP contribution is 2.46. The molecule has 5 aliphatic rings. The van der Waals surface area contributed by atoms with Gasteiger partial charge in [-0.3, -0.25) is 19.6 Å². The van der Waals surface area contributed by atoms with Crippen LogP contribution >= 0.6 is 0 Å². The molecule has 2 aromatic heterocycles. The summed E-state index contributed by atoms with van der Waals surface area (Å²) in [6.07, 6.45) is 14.3. The molecule has 4 saturated heterocycles. The molecular weight excluding hydrogens is 747 g/mol. The lowest BCUT2D eigenvalue weighted by molar-refractivity contribution is -0.152. The van der Waals surface area contributed by atoms with E-state index in [0.29, 0.717) is 49.2 Å². The van der Waals surface area contributed by atoms with Crippen LogP contribution < -0.4 is 9.64 Å². The molecule has 1 unspecified atom stereocenters. The molecule has 3 aromatic rings. The minimum absolute atomic E-state index is 0.00199. The number of esters is 1. The van der Waals surface area contributed by atoms with E-state index in [2.05, 4.69) is 28.7 Å². The Morgan fingerprint density at radius 1 is 0.983 bits per heavy atom. The molecule has 0 saturated carbocycles. The van der Waals surface area contributed by atoms with Crippen LogP contribution in [0.15, 0.2) is 18.3 Å². The van der Waals surface area contributed by atoms with Crippen LogP contribution in [0.1, 0.15) is 127 Å². The van der Waals surface area contributed by atoms with Crippen molar-refractivity contribution in [3.05, 3.63) is 35.3 Å². The maximum atomic E-state index is 17.1. The van der Waals surface area contributed by atoms with Crippen LogP contribution in [0.3, 0.4) is 0 Å². The fourth-order valence-electron chi connectivity index (χ4n) is 10.5. The van der Waals surface area contributed by atoms with Gasteiger partial charge in [0.15, 0.2) is 5.82 Å². The zero-order valence-corrected chi connectivity index (χ0v) is 34.0. The number of hydrogen-bond donors (Lipinski definition) is 1. The zero-order chi connectivity index (χ0) is 40.4. The van der Waals surface area contributed by atoms with Crippen LogP contribution in [-0.4, -0.2) is 105 Å². The van der Waals surface area contributed by atoms with E-state index in [9.17, 15) is 19.1 Å². The van der Waals surface area contributed by atoms with Crippen molar-refractivity contribution in [2.75, 3.05) is 44.5 Å². The SMILES string of the molecule is CCCCCCCCCC(=O)OCOC(=O)N1[C@@H]2CC[C@H]1CN(c1nc(OC[C@@]34CCCN3C[C@H](F)C4)nc3c(F)c(-c4cc(O)cc5c4C(CC)CC5)ncc13)C2. The molecule has 2 bridgehead atoms. The van der Waals surface area contributed by atoms with Crippen LogP contribution in [0.25, 0.3) is 22.2 Å². The molecule has 5 atom stereocenters. The Kier molecular flexibility index (Phi) is 12.2. The Labute approximate surface area is 339 Å². The predicted molar refractivity (Wildman–Crippen MR) is 215 cm³/mol. The van der Waals surface area contributed by atoms with Gasteiger partial charge in [-0.1, -0.05) is 52.4 Å². The summed E-state index contributed by atoms with van der Waals surface area (Å²) >= 11 is 0. The summed E-state index contributed by atoms with van der Waals surface area (Å²) in [6, 6.07) is 2.94. The van der Waals surface area contributed by atoms with Crippen LogP contribution in [0.2, 0.25) is 0 Å². The number of pyridine rings is 1. The number of phenols is 1. The molecule has 4 aliphatic heterocycles. The second-order valence-corrected chi connectivity index (χ2v) is 17.2. The number of ether oxygens (including phenoxy) is 3. The zero-order valence-electron chi connectivity index (χ0n) is 34.0. The first-order valence-corrected chi connectivity index (χ1v) is 21.8. The van der Waals surface area contributed by atoms with Gasteiger partial charge in [0.05, 0.1) is 23.0 Å². The molecule has 1 aromatic carbocycles. The Morgan fingerprint density at radius 3 is 2.53 bits per heavy atom. The molecule has 0 radical (unpaired) electrons. The number of anilines is 1. The van der Waals surface area contributed by atoms with Crippen molar-refractivity contribution in [1.29, 1.82) is 0 Å². The summed E-state index contributed by atoms with van der Waals surface area (Å²) in [6.45, 7) is 6.04. The summed E-state index contributed by atoms with van der Waals surface area (Å²) in [5.74, 6) is -0.260. The minimum Gasteiger partial charge on any atom is -0.508 e. The number of piperazine rings is 1. The van der Waals surface area contributed by atoms with E-state index in [-0.39, 0.29) is 53.5 Å². The topological polar surface area (TPSA) is 130 Å². The van der Waals surface area contributed by atoms with Crippen LogP contribution in [-0.2, 0) is 20.7 Å². The molecule has 4 fully saturated rings. The number of aryl methyl sites for hydroxylation is 1. The number of carbonyl (C=O) groups excluding carboxylic acids is 2. The lowest BCUT2D eigenvalue weighted by Gasteiger charge is -2.41. The third-order valence-electron chi connectivity index (χ3n) is 13.4. The number of rotatable bonds is 16. The Hall–Kier alpha value is -4.33. The second-order valence-electron chi connectivity index (χ2n) is 17.2. The third kappa shape index (κ3) is 8.14. The lowest BCUT2D eigenvalue weighted by atomic mass is 9.91. The van der Waals surface area contributed by atoms with E-state index in [1.54, 1.807) is 23.2 Å². The minimum atomic E-state index is -0.931. The van der Waals surface area contributed by atoms with Crippen molar-refractivity contribution >= 4 is 28.8 Å². The van der Waals surface area contributed by atoms with Crippen molar-refractivity contribution in [2.24, 2.45) is 0 Å². The summed E-state index contributed by atoms with van der Waals surface area (Å²) in [5.41, 5.74) is 2.30. The molecule has 14 heteroatoms. The average Bonchev–Trinajstić information content (AvgIpc) is 3.95. The standard InChI is InChI=1S/C44H58F2N6O6/c1-3-5-6-7-8-9-10-12-36(54)57-27-58-43(55)52-31-15-16-32(52)25-50(24-31)41-35-22-47-39(34-20-33(53)19-29-14-13-28(4-2)37(29)34)38(46)40(35)48-42(49-41)56-26-44-17-11-18-51(44)23-30(45)21-44/h19-20,22,28,30-32,53H,3-18,21,23-27H2,1-2H3/t28?,30-,31-,32+,44+/m1/s1. The molecule has 1 aliphatic carbocycles. The monoisotopic (exact) mass is 804 g/mol. The van der Waals surface area contributed by atoms with Gasteiger partial charge in [-0.15, -0.1) is 0 Å². The Balaban J connectivity index is 1.01. The van der Waals surface area contributed by atoms with Crippen LogP contribution in [0.5, 0.6) is 11.8 Å². The summed E-state index contributed by atoms with van der Waals surface area (Å²) in [5, 5.41) is 11.1. The smallest absolute Gasteiger partial charge is 0.413 e. The highest BCUT2D eigenvalue weighted by Gasteiger charge is 2.50. The first kappa shape index (κ1) is 40.4. The molecule has 0 spiro atoms. The number of alkyl halides is 1. The number of fused-ring (bicyclic) bond motifs is 5. The van der Waals surface area contributed by atoms with Crippen molar-refractivity contribution in [1.82, 2.24) is 24.8 Å². The van der Waals surface area contributed by atoms with Crippen LogP contribution in [0.4, 0.5) is 19.4 Å². The number of aromatic nitrogens is 3. The number of nitrogens with zero attached hydrogens (tertiary/aromatic N) is 6. The van der Waals surface area contributed by atoms with E-state index in [4.69, 9.17) is 19.2 Å². The van der Waals surface area contributed by atoms with E-state index < -0.39 is 30.4 Å². The van der Waals surface area contributed by atoms with Crippen LogP contribution in [0, 0.1) is 5.82 Å². The maximum Gasteiger partial charge on any atom is 0.413 e. The van der Waals surface area contributed by atoms with Crippen molar-refractivity contribution in [3.63, 3.8) is 0 Å². The second kappa shape index (κ2) is 17.5. The maximum absolute atomic E-state index is 17.1. The number of hydrogen-bond acceptors (Lipinski definition) is 11. The highest BCUT2D eigenvalue weighted by molar-refractivity contribution is 5.92. The summed E-state index contributed by atoms with van der Waals surface area (Å²) < 4.78 is 48.8. The third-order valence-corrected chi connectivity index (χ3v) is 13.4. The lowest BCUT2D eigenvalue weighted by Crippen LogP contribution is -2.56. The van der Waals surface area contributed by atoms with E-state index >= 15 is 4.39 Å². The number of halogens is 2. The van der Waals surface area contributed by atoms with Gasteiger partial charge in [-0.25, -0.2) is 13.6 Å². The number of aromatic hydroxyl groups is 1. The summed E-state index contributed by atoms with van der Waals surface area (Å²) in [4.78, 5) is 45.8. The highest BCUT2D eigenvalue weighted by atomic mass is 19.1. The van der Waals surface area contributed by atoms with Crippen molar-refractivity contribution < 1.29 is 37.7 Å².